The minimum Gasteiger partial charge on any atom is -0.478 e. The number of benzene rings is 1. The first kappa shape index (κ1) is 15.2. The van der Waals surface area contributed by atoms with Gasteiger partial charge in [-0.3, -0.25) is 4.40 Å². The molecule has 0 aliphatic heterocycles. The van der Waals surface area contributed by atoms with Crippen LogP contribution in [0.1, 0.15) is 11.3 Å². The molecule has 3 rings (SSSR count). The Morgan fingerprint density at radius 1 is 1.43 bits per heavy atom. The monoisotopic (exact) mass is 331 g/mol. The predicted molar refractivity (Wildman–Crippen MR) is 88.2 cm³/mol. The fourth-order valence-corrected chi connectivity index (χ4v) is 3.03. The van der Waals surface area contributed by atoms with Crippen molar-refractivity contribution in [2.24, 2.45) is 0 Å². The number of aromatic nitrogens is 2. The van der Waals surface area contributed by atoms with Gasteiger partial charge in [-0.25, -0.2) is 14.2 Å². The number of imidazole rings is 1. The van der Waals surface area contributed by atoms with E-state index in [0.29, 0.717) is 18.1 Å². The van der Waals surface area contributed by atoms with Gasteiger partial charge in [0.1, 0.15) is 5.82 Å². The van der Waals surface area contributed by atoms with Crippen LogP contribution in [-0.4, -0.2) is 27.5 Å². The first-order chi connectivity index (χ1) is 11.0. The maximum absolute atomic E-state index is 13.0. The highest BCUT2D eigenvalue weighted by molar-refractivity contribution is 7.15. The molecule has 1 N–H and O–H groups in total. The molecule has 0 fully saturated rings. The second kappa shape index (κ2) is 6.21. The molecule has 3 aromatic rings. The van der Waals surface area contributed by atoms with Gasteiger partial charge in [0.15, 0.2) is 10.8 Å². The number of hydrogen-bond acceptors (Lipinski definition) is 4. The van der Waals surface area contributed by atoms with Gasteiger partial charge < -0.3 is 10.0 Å². The van der Waals surface area contributed by atoms with E-state index in [1.165, 1.54) is 29.5 Å². The molecule has 0 unspecified atom stereocenters. The zero-order valence-electron chi connectivity index (χ0n) is 12.3. The summed E-state index contributed by atoms with van der Waals surface area (Å²) in [6.07, 6.45) is 4.48. The Hall–Kier alpha value is -2.67. The van der Waals surface area contributed by atoms with Crippen molar-refractivity contribution in [2.75, 3.05) is 11.9 Å². The fourth-order valence-electron chi connectivity index (χ4n) is 2.32. The molecular formula is C16H14FN3O2S. The van der Waals surface area contributed by atoms with Crippen LogP contribution >= 0.6 is 11.3 Å². The summed E-state index contributed by atoms with van der Waals surface area (Å²) in [4.78, 5) is 18.1. The maximum atomic E-state index is 13.0. The Morgan fingerprint density at radius 2 is 2.17 bits per heavy atom. The molecule has 1 aromatic carbocycles. The van der Waals surface area contributed by atoms with Gasteiger partial charge in [-0.1, -0.05) is 12.1 Å². The van der Waals surface area contributed by atoms with E-state index in [-0.39, 0.29) is 5.82 Å². The van der Waals surface area contributed by atoms with Crippen molar-refractivity contribution in [2.45, 2.75) is 6.54 Å². The van der Waals surface area contributed by atoms with Crippen LogP contribution in [0, 0.1) is 5.82 Å². The molecule has 0 aliphatic carbocycles. The Balaban J connectivity index is 1.94. The third-order valence-electron chi connectivity index (χ3n) is 3.36. The molecular weight excluding hydrogens is 317 g/mol. The van der Waals surface area contributed by atoms with Crippen LogP contribution in [0.25, 0.3) is 11.0 Å². The fraction of sp³-hybridized carbons (Fsp3) is 0.125. The quantitative estimate of drug-likeness (QED) is 0.729. The van der Waals surface area contributed by atoms with Crippen LogP contribution < -0.4 is 4.90 Å². The molecule has 0 spiro atoms. The summed E-state index contributed by atoms with van der Waals surface area (Å²) in [7, 11) is 1.87. The zero-order chi connectivity index (χ0) is 16.4. The van der Waals surface area contributed by atoms with E-state index in [9.17, 15) is 9.18 Å². The molecule has 0 saturated heterocycles. The normalized spacial score (nSPS) is 11.4. The highest BCUT2D eigenvalue weighted by atomic mass is 32.1. The second-order valence-electron chi connectivity index (χ2n) is 5.03. The van der Waals surface area contributed by atoms with Crippen molar-refractivity contribution in [1.82, 2.24) is 9.38 Å². The van der Waals surface area contributed by atoms with E-state index in [2.05, 4.69) is 4.98 Å². The number of anilines is 1. The maximum Gasteiger partial charge on any atom is 0.328 e. The van der Waals surface area contributed by atoms with E-state index >= 15 is 0 Å². The van der Waals surface area contributed by atoms with Crippen molar-refractivity contribution in [1.29, 1.82) is 0 Å². The number of aliphatic carboxylic acids is 1. The summed E-state index contributed by atoms with van der Waals surface area (Å²) >= 11 is 1.48. The van der Waals surface area contributed by atoms with E-state index in [1.54, 1.807) is 12.1 Å². The number of hydrogen-bond donors (Lipinski definition) is 1. The first-order valence-corrected chi connectivity index (χ1v) is 7.74. The molecule has 0 atom stereocenters. The molecule has 0 radical (unpaired) electrons. The molecule has 0 amide bonds. The minimum atomic E-state index is -1.01. The van der Waals surface area contributed by atoms with Gasteiger partial charge in [0.2, 0.25) is 0 Å². The van der Waals surface area contributed by atoms with Crippen LogP contribution in [0.5, 0.6) is 0 Å². The van der Waals surface area contributed by atoms with Crippen molar-refractivity contribution in [3.8, 4) is 0 Å². The molecule has 2 heterocycles. The summed E-state index contributed by atoms with van der Waals surface area (Å²) in [5.41, 5.74) is 1.65. The molecule has 0 saturated carbocycles. The van der Waals surface area contributed by atoms with E-state index in [4.69, 9.17) is 5.11 Å². The standard InChI is InChI=1S/C16H14FN3O2S/c1-19(10-11-2-4-12(17)5-3-11)15-13(6-7-14(21)22)20-8-9-23-16(20)18-15/h2-9H,10H2,1H3,(H,21,22). The largest absolute Gasteiger partial charge is 0.478 e. The van der Waals surface area contributed by atoms with Crippen LogP contribution in [0.4, 0.5) is 10.2 Å². The van der Waals surface area contributed by atoms with Gasteiger partial charge in [-0.05, 0) is 23.8 Å². The lowest BCUT2D eigenvalue weighted by Gasteiger charge is -2.17. The Kier molecular flexibility index (Phi) is 4.12. The molecule has 0 aliphatic rings. The zero-order valence-corrected chi connectivity index (χ0v) is 13.1. The summed E-state index contributed by atoms with van der Waals surface area (Å²) in [5.74, 6) is -0.606. The first-order valence-electron chi connectivity index (χ1n) is 6.87. The Labute approximate surface area is 135 Å². The van der Waals surface area contributed by atoms with Crippen molar-refractivity contribution in [3.63, 3.8) is 0 Å². The number of carbonyl (C=O) groups is 1. The molecule has 5 nitrogen and oxygen atoms in total. The molecule has 23 heavy (non-hydrogen) atoms. The van der Waals surface area contributed by atoms with Gasteiger partial charge in [0, 0.05) is 31.2 Å². The van der Waals surface area contributed by atoms with E-state index in [1.807, 2.05) is 27.9 Å². The van der Waals surface area contributed by atoms with Gasteiger partial charge in [-0.2, -0.15) is 0 Å². The van der Waals surface area contributed by atoms with Crippen molar-refractivity contribution < 1.29 is 14.3 Å². The summed E-state index contributed by atoms with van der Waals surface area (Å²) < 4.78 is 14.8. The molecule has 2 aromatic heterocycles. The van der Waals surface area contributed by atoms with Gasteiger partial charge in [-0.15, -0.1) is 11.3 Å². The van der Waals surface area contributed by atoms with Gasteiger partial charge >= 0.3 is 5.97 Å². The number of carboxylic acids is 1. The molecule has 118 valence electrons. The van der Waals surface area contributed by atoms with Crippen molar-refractivity contribution >= 4 is 34.2 Å². The topological polar surface area (TPSA) is 57.8 Å². The third kappa shape index (κ3) is 3.24. The second-order valence-corrected chi connectivity index (χ2v) is 5.90. The number of fused-ring (bicyclic) bond motifs is 1. The SMILES string of the molecule is CN(Cc1ccc(F)cc1)c1nc2sccn2c1C=CC(=O)O. The summed E-state index contributed by atoms with van der Waals surface area (Å²) in [5, 5.41) is 10.8. The minimum absolute atomic E-state index is 0.274. The summed E-state index contributed by atoms with van der Waals surface area (Å²) in [6, 6.07) is 6.27. The van der Waals surface area contributed by atoms with E-state index < -0.39 is 5.97 Å². The van der Waals surface area contributed by atoms with Crippen molar-refractivity contribution in [3.05, 3.63) is 59.0 Å². The van der Waals surface area contributed by atoms with Crippen LogP contribution in [0.15, 0.2) is 41.9 Å². The average molecular weight is 331 g/mol. The highest BCUT2D eigenvalue weighted by Crippen LogP contribution is 2.26. The summed E-state index contributed by atoms with van der Waals surface area (Å²) in [6.45, 7) is 0.541. The van der Waals surface area contributed by atoms with Gasteiger partial charge in [0.05, 0.1) is 5.69 Å². The smallest absolute Gasteiger partial charge is 0.328 e. The Morgan fingerprint density at radius 3 is 2.87 bits per heavy atom. The lowest BCUT2D eigenvalue weighted by atomic mass is 10.2. The number of nitrogens with zero attached hydrogens (tertiary/aromatic N) is 3. The lowest BCUT2D eigenvalue weighted by Crippen LogP contribution is -2.17. The number of carboxylic acid groups (broad SMARTS) is 1. The molecule has 7 heteroatoms. The van der Waals surface area contributed by atoms with Crippen LogP contribution in [0.2, 0.25) is 0 Å². The predicted octanol–water partition coefficient (Wildman–Crippen LogP) is 3.27. The van der Waals surface area contributed by atoms with Crippen LogP contribution in [0.3, 0.4) is 0 Å². The number of halogens is 1. The Bertz CT molecular complexity index is 867. The number of rotatable bonds is 5. The molecule has 0 bridgehead atoms. The lowest BCUT2D eigenvalue weighted by molar-refractivity contribution is -0.131. The van der Waals surface area contributed by atoms with E-state index in [0.717, 1.165) is 16.6 Å². The average Bonchev–Trinajstić information content (AvgIpc) is 3.08. The highest BCUT2D eigenvalue weighted by Gasteiger charge is 2.15. The third-order valence-corrected chi connectivity index (χ3v) is 4.11. The van der Waals surface area contributed by atoms with Crippen LogP contribution in [-0.2, 0) is 11.3 Å². The van der Waals surface area contributed by atoms with Gasteiger partial charge in [0.25, 0.3) is 0 Å². The number of thiazole rings is 1.